The molecule has 0 fully saturated rings. The third-order valence-electron chi connectivity index (χ3n) is 1.85. The number of rotatable bonds is 4. The Labute approximate surface area is 88.6 Å². The van der Waals surface area contributed by atoms with Crippen molar-refractivity contribution in [3.8, 4) is 0 Å². The maximum atomic E-state index is 11.5. The number of aromatic nitrogens is 1. The van der Waals surface area contributed by atoms with Crippen LogP contribution in [0.15, 0.2) is 6.20 Å². The average molecular weight is 212 g/mol. The summed E-state index contributed by atoms with van der Waals surface area (Å²) in [6, 6.07) is 0. The molecule has 1 heterocycles. The second-order valence-corrected chi connectivity index (χ2v) is 4.92. The molecule has 0 spiro atoms. The zero-order valence-corrected chi connectivity index (χ0v) is 9.65. The van der Waals surface area contributed by atoms with Crippen LogP contribution < -0.4 is 5.32 Å². The van der Waals surface area contributed by atoms with Gasteiger partial charge in [-0.2, -0.15) is 0 Å². The molecule has 4 heteroatoms. The van der Waals surface area contributed by atoms with Crippen molar-refractivity contribution in [2.24, 2.45) is 5.92 Å². The summed E-state index contributed by atoms with van der Waals surface area (Å²) < 4.78 is 0. The molecule has 1 amide bonds. The molecule has 0 atom stereocenters. The minimum atomic E-state index is -0.00347. The molecule has 1 aromatic rings. The van der Waals surface area contributed by atoms with Crippen molar-refractivity contribution >= 4 is 17.2 Å². The van der Waals surface area contributed by atoms with Crippen LogP contribution in [0, 0.1) is 12.8 Å². The molecular formula is C10H16N2OS. The van der Waals surface area contributed by atoms with Crippen molar-refractivity contribution in [3.63, 3.8) is 0 Å². The van der Waals surface area contributed by atoms with Gasteiger partial charge in [0, 0.05) is 6.54 Å². The van der Waals surface area contributed by atoms with E-state index in [0.29, 0.717) is 10.8 Å². The van der Waals surface area contributed by atoms with Crippen LogP contribution in [0.1, 0.15) is 34.9 Å². The van der Waals surface area contributed by atoms with Gasteiger partial charge in [-0.3, -0.25) is 4.79 Å². The first-order valence-electron chi connectivity index (χ1n) is 4.80. The first-order valence-corrected chi connectivity index (χ1v) is 5.62. The maximum absolute atomic E-state index is 11.5. The molecule has 0 aliphatic carbocycles. The maximum Gasteiger partial charge on any atom is 0.263 e. The molecule has 0 saturated heterocycles. The van der Waals surface area contributed by atoms with E-state index < -0.39 is 0 Å². The normalized spacial score (nSPS) is 10.6. The molecule has 0 unspecified atom stereocenters. The number of aryl methyl sites for hydroxylation is 1. The second-order valence-electron chi connectivity index (χ2n) is 3.68. The second kappa shape index (κ2) is 5.10. The summed E-state index contributed by atoms with van der Waals surface area (Å²) in [7, 11) is 0. The van der Waals surface area contributed by atoms with Crippen molar-refractivity contribution in [2.75, 3.05) is 6.54 Å². The molecule has 0 radical (unpaired) electrons. The average Bonchev–Trinajstić information content (AvgIpc) is 2.51. The van der Waals surface area contributed by atoms with Crippen LogP contribution in [0.4, 0.5) is 0 Å². The first kappa shape index (κ1) is 11.2. The summed E-state index contributed by atoms with van der Waals surface area (Å²) in [5.74, 6) is 0.620. The fourth-order valence-corrected chi connectivity index (χ4v) is 1.72. The Balaban J connectivity index is 2.36. The molecule has 3 nitrogen and oxygen atoms in total. The molecule has 78 valence electrons. The fraction of sp³-hybridized carbons (Fsp3) is 0.600. The fourth-order valence-electron chi connectivity index (χ4n) is 1.03. The third-order valence-corrected chi connectivity index (χ3v) is 2.76. The SMILES string of the molecule is Cc1ncc(C(=O)NCCC(C)C)s1. The van der Waals surface area contributed by atoms with Gasteiger partial charge >= 0.3 is 0 Å². The van der Waals surface area contributed by atoms with Gasteiger partial charge in [-0.1, -0.05) is 13.8 Å². The number of hydrogen-bond acceptors (Lipinski definition) is 3. The molecule has 0 aromatic carbocycles. The largest absolute Gasteiger partial charge is 0.351 e. The van der Waals surface area contributed by atoms with Gasteiger partial charge < -0.3 is 5.32 Å². The monoisotopic (exact) mass is 212 g/mol. The van der Waals surface area contributed by atoms with Gasteiger partial charge in [0.2, 0.25) is 0 Å². The summed E-state index contributed by atoms with van der Waals surface area (Å²) in [6.07, 6.45) is 2.65. The van der Waals surface area contributed by atoms with Crippen LogP contribution in [-0.2, 0) is 0 Å². The van der Waals surface area contributed by atoms with Gasteiger partial charge in [-0.05, 0) is 19.3 Å². The number of nitrogens with zero attached hydrogens (tertiary/aromatic N) is 1. The molecule has 0 aliphatic heterocycles. The number of nitrogens with one attached hydrogen (secondary N) is 1. The van der Waals surface area contributed by atoms with E-state index >= 15 is 0 Å². The summed E-state index contributed by atoms with van der Waals surface area (Å²) in [6.45, 7) is 6.93. The van der Waals surface area contributed by atoms with Crippen molar-refractivity contribution in [1.82, 2.24) is 10.3 Å². The molecule has 0 aliphatic rings. The lowest BCUT2D eigenvalue weighted by molar-refractivity contribution is 0.0956. The number of carbonyl (C=O) groups is 1. The minimum absolute atomic E-state index is 0.00347. The minimum Gasteiger partial charge on any atom is -0.351 e. The van der Waals surface area contributed by atoms with Crippen LogP contribution in [0.5, 0.6) is 0 Å². The first-order chi connectivity index (χ1) is 6.59. The zero-order valence-electron chi connectivity index (χ0n) is 8.83. The van der Waals surface area contributed by atoms with E-state index in [1.807, 2.05) is 6.92 Å². The van der Waals surface area contributed by atoms with Gasteiger partial charge in [0.05, 0.1) is 11.2 Å². The highest BCUT2D eigenvalue weighted by Crippen LogP contribution is 2.10. The summed E-state index contributed by atoms with van der Waals surface area (Å²) in [5.41, 5.74) is 0. The van der Waals surface area contributed by atoms with E-state index in [0.717, 1.165) is 18.0 Å². The van der Waals surface area contributed by atoms with Crippen LogP contribution in [-0.4, -0.2) is 17.4 Å². The van der Waals surface area contributed by atoms with Crippen molar-refractivity contribution in [2.45, 2.75) is 27.2 Å². The van der Waals surface area contributed by atoms with E-state index in [2.05, 4.69) is 24.1 Å². The zero-order chi connectivity index (χ0) is 10.6. The Bertz CT molecular complexity index is 307. The lowest BCUT2D eigenvalue weighted by atomic mass is 10.1. The number of thiazole rings is 1. The molecular weight excluding hydrogens is 196 g/mol. The topological polar surface area (TPSA) is 42.0 Å². The summed E-state index contributed by atoms with van der Waals surface area (Å²) >= 11 is 1.43. The number of carbonyl (C=O) groups excluding carboxylic acids is 1. The van der Waals surface area contributed by atoms with E-state index in [1.165, 1.54) is 11.3 Å². The highest BCUT2D eigenvalue weighted by atomic mass is 32.1. The van der Waals surface area contributed by atoms with Crippen LogP contribution >= 0.6 is 11.3 Å². The van der Waals surface area contributed by atoms with E-state index in [4.69, 9.17) is 0 Å². The quantitative estimate of drug-likeness (QED) is 0.831. The predicted molar refractivity (Wildman–Crippen MR) is 58.6 cm³/mol. The summed E-state index contributed by atoms with van der Waals surface area (Å²) in [5, 5.41) is 3.80. The molecule has 0 bridgehead atoms. The van der Waals surface area contributed by atoms with Gasteiger partial charge in [-0.25, -0.2) is 4.98 Å². The van der Waals surface area contributed by atoms with Crippen molar-refractivity contribution in [3.05, 3.63) is 16.1 Å². The Morgan fingerprint density at radius 1 is 1.64 bits per heavy atom. The molecule has 1 N–H and O–H groups in total. The predicted octanol–water partition coefficient (Wildman–Crippen LogP) is 2.23. The number of hydrogen-bond donors (Lipinski definition) is 1. The Morgan fingerprint density at radius 2 is 2.36 bits per heavy atom. The lowest BCUT2D eigenvalue weighted by Gasteiger charge is -2.05. The summed E-state index contributed by atoms with van der Waals surface area (Å²) in [4.78, 5) is 16.2. The smallest absolute Gasteiger partial charge is 0.263 e. The molecule has 14 heavy (non-hydrogen) atoms. The molecule has 1 aromatic heterocycles. The van der Waals surface area contributed by atoms with Crippen molar-refractivity contribution in [1.29, 1.82) is 0 Å². The Hall–Kier alpha value is -0.900. The van der Waals surface area contributed by atoms with E-state index in [-0.39, 0.29) is 5.91 Å². The van der Waals surface area contributed by atoms with Crippen molar-refractivity contribution < 1.29 is 4.79 Å². The standard InChI is InChI=1S/C10H16N2OS/c1-7(2)4-5-11-10(13)9-6-12-8(3)14-9/h6-7H,4-5H2,1-3H3,(H,11,13). The van der Waals surface area contributed by atoms with E-state index in [9.17, 15) is 4.79 Å². The van der Waals surface area contributed by atoms with Crippen LogP contribution in [0.25, 0.3) is 0 Å². The Kier molecular flexibility index (Phi) is 4.07. The van der Waals surface area contributed by atoms with Gasteiger partial charge in [0.15, 0.2) is 0 Å². The molecule has 1 rings (SSSR count). The highest BCUT2D eigenvalue weighted by Gasteiger charge is 2.07. The van der Waals surface area contributed by atoms with E-state index in [1.54, 1.807) is 6.20 Å². The van der Waals surface area contributed by atoms with Crippen LogP contribution in [0.2, 0.25) is 0 Å². The number of amides is 1. The highest BCUT2D eigenvalue weighted by molar-refractivity contribution is 7.13. The van der Waals surface area contributed by atoms with Gasteiger partial charge in [0.25, 0.3) is 5.91 Å². The van der Waals surface area contributed by atoms with Gasteiger partial charge in [-0.15, -0.1) is 11.3 Å². The molecule has 0 saturated carbocycles. The van der Waals surface area contributed by atoms with Crippen LogP contribution in [0.3, 0.4) is 0 Å². The third kappa shape index (κ3) is 3.46. The Morgan fingerprint density at radius 3 is 2.86 bits per heavy atom. The lowest BCUT2D eigenvalue weighted by Crippen LogP contribution is -2.24. The van der Waals surface area contributed by atoms with Gasteiger partial charge in [0.1, 0.15) is 4.88 Å².